The summed E-state index contributed by atoms with van der Waals surface area (Å²) in [5.74, 6) is -3.22. The zero-order valence-electron chi connectivity index (χ0n) is 25.7. The van der Waals surface area contributed by atoms with Crippen molar-refractivity contribution in [3.8, 4) is 0 Å². The number of amides is 4. The molecule has 2 aliphatic rings. The molecule has 2 rings (SSSR count). The van der Waals surface area contributed by atoms with Crippen molar-refractivity contribution in [2.75, 3.05) is 26.4 Å². The smallest absolute Gasteiger partial charge is 0.326 e. The van der Waals surface area contributed by atoms with Crippen molar-refractivity contribution in [2.24, 2.45) is 28.1 Å². The van der Waals surface area contributed by atoms with Crippen LogP contribution in [0.25, 0.3) is 0 Å². The van der Waals surface area contributed by atoms with Crippen LogP contribution in [-0.4, -0.2) is 99.7 Å². The normalized spacial score (nSPS) is 24.8. The van der Waals surface area contributed by atoms with Gasteiger partial charge >= 0.3 is 12.0 Å². The van der Waals surface area contributed by atoms with E-state index in [4.69, 9.17) is 0 Å². The molecule has 0 aromatic carbocycles. The van der Waals surface area contributed by atoms with E-state index in [0.717, 1.165) is 0 Å². The molecule has 0 aromatic rings. The highest BCUT2D eigenvalue weighted by molar-refractivity contribution is 7.88. The van der Waals surface area contributed by atoms with E-state index >= 15 is 0 Å². The van der Waals surface area contributed by atoms with Gasteiger partial charge in [-0.1, -0.05) is 55.4 Å². The monoisotopic (exact) mass is 607 g/mol. The molecule has 1 aliphatic carbocycles. The molecule has 0 aromatic heterocycles. The van der Waals surface area contributed by atoms with Gasteiger partial charge in [0.05, 0.1) is 12.6 Å². The number of urea groups is 1. The van der Waals surface area contributed by atoms with Gasteiger partial charge in [0.25, 0.3) is 0 Å². The lowest BCUT2D eigenvalue weighted by molar-refractivity contribution is -0.147. The summed E-state index contributed by atoms with van der Waals surface area (Å²) < 4.78 is 39.5. The van der Waals surface area contributed by atoms with E-state index in [1.807, 2.05) is 34.6 Å². The fourth-order valence-electron chi connectivity index (χ4n) is 5.51. The van der Waals surface area contributed by atoms with Crippen molar-refractivity contribution >= 4 is 35.2 Å². The zero-order chi connectivity index (χ0) is 31.8. The number of carbonyl (C=O) groups excluding carboxylic acids is 3. The number of hydrogen-bond acceptors (Lipinski definition) is 6. The number of halogens is 2. The second kappa shape index (κ2) is 12.6. The Balaban J connectivity index is 2.29. The second-order valence-electron chi connectivity index (χ2n) is 14.0. The zero-order valence-corrected chi connectivity index (χ0v) is 26.5. The van der Waals surface area contributed by atoms with Crippen molar-refractivity contribution in [2.45, 2.75) is 92.4 Å². The van der Waals surface area contributed by atoms with Crippen molar-refractivity contribution in [3.05, 3.63) is 0 Å². The number of piperidine rings is 1. The van der Waals surface area contributed by atoms with E-state index in [2.05, 4.69) is 16.0 Å². The van der Waals surface area contributed by atoms with Gasteiger partial charge in [-0.25, -0.2) is 18.4 Å². The minimum Gasteiger partial charge on any atom is -0.598 e. The van der Waals surface area contributed by atoms with Gasteiger partial charge in [0.1, 0.15) is 24.4 Å². The van der Waals surface area contributed by atoms with Crippen molar-refractivity contribution in [3.63, 3.8) is 0 Å². The summed E-state index contributed by atoms with van der Waals surface area (Å²) in [5.41, 5.74) is -1.49. The number of aliphatic carboxylic acids is 1. The summed E-state index contributed by atoms with van der Waals surface area (Å²) in [6.45, 7) is 15.5. The maximum atomic E-state index is 14.0. The van der Waals surface area contributed by atoms with Crippen LogP contribution < -0.4 is 16.0 Å². The first-order chi connectivity index (χ1) is 18.5. The average Bonchev–Trinajstić information content (AvgIpc) is 3.13. The number of rotatable bonds is 11. The number of fused-ring (bicyclic) bond motifs is 1. The molecule has 0 bridgehead atoms. The molecular formula is C27H47F2N5O6S. The topological polar surface area (TPSA) is 154 Å². The molecule has 2 fully saturated rings. The van der Waals surface area contributed by atoms with Crippen molar-refractivity contribution in [1.29, 1.82) is 0 Å². The number of nitrogens with zero attached hydrogens (tertiary/aromatic N) is 2. The summed E-state index contributed by atoms with van der Waals surface area (Å²) in [4.78, 5) is 53.5. The van der Waals surface area contributed by atoms with Gasteiger partial charge in [0.2, 0.25) is 18.2 Å². The number of carbonyl (C=O) groups is 4. The first-order valence-electron chi connectivity index (χ1n) is 13.7. The van der Waals surface area contributed by atoms with Crippen molar-refractivity contribution < 1.29 is 37.6 Å². The Morgan fingerprint density at radius 1 is 1.07 bits per heavy atom. The highest BCUT2D eigenvalue weighted by Gasteiger charge is 2.70. The molecule has 0 radical (unpaired) electrons. The van der Waals surface area contributed by atoms with Crippen LogP contribution in [0, 0.1) is 28.1 Å². The van der Waals surface area contributed by atoms with E-state index in [-0.39, 0.29) is 23.8 Å². The predicted molar refractivity (Wildman–Crippen MR) is 151 cm³/mol. The van der Waals surface area contributed by atoms with Crippen LogP contribution in [0.3, 0.4) is 0 Å². The molecule has 4 N–H and O–H groups in total. The lowest BCUT2D eigenvalue weighted by Crippen LogP contribution is -2.62. The summed E-state index contributed by atoms with van der Waals surface area (Å²) in [7, 11) is 1.68. The molecule has 4 amide bonds. The maximum Gasteiger partial charge on any atom is 0.326 e. The molecule has 7 atom stereocenters. The third-order valence-electron chi connectivity index (χ3n) is 8.41. The van der Waals surface area contributed by atoms with E-state index in [1.54, 1.807) is 32.1 Å². The number of hydrogen-bond donors (Lipinski definition) is 4. The highest BCUT2D eigenvalue weighted by Crippen LogP contribution is 2.65. The van der Waals surface area contributed by atoms with Crippen molar-refractivity contribution in [1.82, 2.24) is 25.2 Å². The first-order valence-corrected chi connectivity index (χ1v) is 15.2. The largest absolute Gasteiger partial charge is 0.598 e. The maximum absolute atomic E-state index is 14.0. The lowest BCUT2D eigenvalue weighted by atomic mass is 9.85. The summed E-state index contributed by atoms with van der Waals surface area (Å²) in [6.07, 6.45) is -2.46. The van der Waals surface area contributed by atoms with Crippen LogP contribution in [0.4, 0.5) is 13.6 Å². The Morgan fingerprint density at radius 2 is 1.63 bits per heavy atom. The van der Waals surface area contributed by atoms with Gasteiger partial charge in [0.15, 0.2) is 0 Å². The Bertz CT molecular complexity index is 1000. The number of nitrogens with one attached hydrogen (secondary N) is 3. The molecule has 0 spiro atoms. The van der Waals surface area contributed by atoms with Gasteiger partial charge in [-0.2, -0.15) is 0 Å². The average molecular weight is 608 g/mol. The van der Waals surface area contributed by atoms with Crippen LogP contribution in [0.2, 0.25) is 0 Å². The minimum atomic E-state index is -2.94. The van der Waals surface area contributed by atoms with Crippen LogP contribution in [0.15, 0.2) is 0 Å². The predicted octanol–water partition coefficient (Wildman–Crippen LogP) is 2.05. The summed E-state index contributed by atoms with van der Waals surface area (Å²) in [5, 5.41) is 17.3. The Hall–Kier alpha value is -2.19. The third kappa shape index (κ3) is 8.44. The van der Waals surface area contributed by atoms with Gasteiger partial charge in [-0.05, 0) is 28.1 Å². The van der Waals surface area contributed by atoms with Gasteiger partial charge < -0.3 is 30.5 Å². The molecule has 1 saturated heterocycles. The molecule has 11 nitrogen and oxygen atoms in total. The fourth-order valence-corrected chi connectivity index (χ4v) is 5.87. The number of alkyl halides is 2. The van der Waals surface area contributed by atoms with Gasteiger partial charge in [-0.3, -0.25) is 9.59 Å². The Morgan fingerprint density at radius 3 is 2.07 bits per heavy atom. The minimum absolute atomic E-state index is 0.0363. The summed E-state index contributed by atoms with van der Waals surface area (Å²) >= 11 is -1.26. The highest BCUT2D eigenvalue weighted by atomic mass is 32.2. The quantitative estimate of drug-likeness (QED) is 0.262. The molecule has 236 valence electrons. The number of likely N-dealkylation sites (N-methyl/N-ethyl adjacent to an activating group) is 1. The van der Waals surface area contributed by atoms with Crippen LogP contribution in [0.1, 0.15) is 61.8 Å². The SMILES string of the molecule is CN(C[C@@H](NC(=O)N[C@H](C(=O)N1C[C@H]2[C@@H]([C@H]1C(=O)N[C@@H](CC(F)F)C(=O)O)C2(C)C)C(C)(C)C)C(C)(C)C)[S+](C)[O-]. The Labute approximate surface area is 244 Å². The van der Waals surface area contributed by atoms with Crippen LogP contribution in [0.5, 0.6) is 0 Å². The summed E-state index contributed by atoms with van der Waals surface area (Å²) in [6, 6.07) is -4.95. The molecule has 1 unspecified atom stereocenters. The molecule has 1 saturated carbocycles. The standard InChI is InChI=1S/C27H47F2N5O6S/c1-25(2,3)16(13-33(9)41(10)40)31-24(39)32-20(26(4,5)6)22(36)34-12-14-18(27(14,7)8)19(34)21(35)30-15(23(37)38)11-17(28)29/h14-20H,11-13H2,1-10H3,(H,30,35)(H,37,38)(H2,31,32,39)/t14-,15-,16+,18-,19-,20+,41?/m0/s1. The van der Waals surface area contributed by atoms with Crippen LogP contribution in [-0.2, 0) is 25.7 Å². The molecule has 1 heterocycles. The molecule has 1 aliphatic heterocycles. The van der Waals surface area contributed by atoms with E-state index in [1.165, 1.54) is 11.2 Å². The van der Waals surface area contributed by atoms with E-state index in [9.17, 15) is 37.6 Å². The Kier molecular flexibility index (Phi) is 10.7. The van der Waals surface area contributed by atoms with E-state index < -0.39 is 83.0 Å². The number of likely N-dealkylation sites (tertiary alicyclic amines) is 1. The third-order valence-corrected chi connectivity index (χ3v) is 9.43. The van der Waals surface area contributed by atoms with Gasteiger partial charge in [-0.15, -0.1) is 4.31 Å². The van der Waals surface area contributed by atoms with Gasteiger partial charge in [0, 0.05) is 31.4 Å². The molecule has 14 heteroatoms. The number of carboxylic acids is 1. The second-order valence-corrected chi connectivity index (χ2v) is 15.5. The fraction of sp³-hybridized carbons (Fsp3) is 0.852. The molecule has 41 heavy (non-hydrogen) atoms. The van der Waals surface area contributed by atoms with E-state index in [0.29, 0.717) is 6.54 Å². The first kappa shape index (κ1) is 35.0. The lowest BCUT2D eigenvalue weighted by Gasteiger charge is -2.39. The van der Waals surface area contributed by atoms with Crippen LogP contribution >= 0.6 is 0 Å². The molecular weight excluding hydrogens is 560 g/mol. The number of carboxylic acid groups (broad SMARTS) is 1.